The van der Waals surface area contributed by atoms with E-state index >= 15 is 0 Å². The molecule has 1 amide bonds. The van der Waals surface area contributed by atoms with Crippen LogP contribution >= 0.6 is 0 Å². The van der Waals surface area contributed by atoms with Crippen LogP contribution < -0.4 is 14.8 Å². The molecule has 0 unspecified atom stereocenters. The zero-order chi connectivity index (χ0) is 18.4. The van der Waals surface area contributed by atoms with E-state index in [0.29, 0.717) is 28.7 Å². The molecule has 0 aliphatic rings. The van der Waals surface area contributed by atoms with Crippen LogP contribution in [0.25, 0.3) is 11.3 Å². The Kier molecular flexibility index (Phi) is 5.56. The molecule has 0 fully saturated rings. The van der Waals surface area contributed by atoms with Gasteiger partial charge in [-0.25, -0.2) is 0 Å². The fourth-order valence-corrected chi connectivity index (χ4v) is 2.44. The molecule has 0 saturated heterocycles. The van der Waals surface area contributed by atoms with Crippen LogP contribution in [0.5, 0.6) is 11.5 Å². The molecule has 3 aromatic rings. The lowest BCUT2D eigenvalue weighted by molar-refractivity contribution is -0.118. The van der Waals surface area contributed by atoms with E-state index in [4.69, 9.17) is 19.0 Å². The molecule has 2 N–H and O–H groups in total. The molecule has 6 heteroatoms. The minimum absolute atomic E-state index is 0.0911. The summed E-state index contributed by atoms with van der Waals surface area (Å²) in [5.74, 6) is 1.96. The molecule has 0 bridgehead atoms. The first-order valence-electron chi connectivity index (χ1n) is 8.05. The van der Waals surface area contributed by atoms with Gasteiger partial charge in [-0.1, -0.05) is 18.2 Å². The maximum Gasteiger partial charge on any atom is 0.262 e. The van der Waals surface area contributed by atoms with Gasteiger partial charge in [-0.15, -0.1) is 0 Å². The van der Waals surface area contributed by atoms with Crippen molar-refractivity contribution in [2.45, 2.75) is 6.61 Å². The Morgan fingerprint density at radius 1 is 1.12 bits per heavy atom. The number of amides is 1. The number of hydrogen-bond acceptors (Lipinski definition) is 5. The van der Waals surface area contributed by atoms with Crippen LogP contribution in [0.4, 0.5) is 5.69 Å². The number of aliphatic hydroxyl groups is 1. The van der Waals surface area contributed by atoms with Crippen molar-refractivity contribution in [3.05, 3.63) is 66.4 Å². The molecule has 1 heterocycles. The van der Waals surface area contributed by atoms with Crippen LogP contribution in [-0.4, -0.2) is 24.7 Å². The fourth-order valence-electron chi connectivity index (χ4n) is 2.44. The van der Waals surface area contributed by atoms with E-state index in [1.54, 1.807) is 49.6 Å². The van der Waals surface area contributed by atoms with Crippen molar-refractivity contribution >= 4 is 11.6 Å². The summed E-state index contributed by atoms with van der Waals surface area (Å²) in [6.07, 6.45) is 0. The third kappa shape index (κ3) is 4.23. The highest BCUT2D eigenvalue weighted by Crippen LogP contribution is 2.33. The smallest absolute Gasteiger partial charge is 0.262 e. The van der Waals surface area contributed by atoms with Crippen molar-refractivity contribution in [1.29, 1.82) is 0 Å². The van der Waals surface area contributed by atoms with Crippen LogP contribution in [-0.2, 0) is 11.4 Å². The lowest BCUT2D eigenvalue weighted by Gasteiger charge is -2.11. The maximum atomic E-state index is 12.1. The van der Waals surface area contributed by atoms with Gasteiger partial charge >= 0.3 is 0 Å². The Morgan fingerprint density at radius 3 is 2.62 bits per heavy atom. The maximum absolute atomic E-state index is 12.1. The SMILES string of the molecule is COc1cc(NC(=O)COc2ccccc2)ccc1-c1ccc(CO)o1. The average molecular weight is 353 g/mol. The van der Waals surface area contributed by atoms with Crippen molar-refractivity contribution in [2.75, 3.05) is 19.0 Å². The van der Waals surface area contributed by atoms with Gasteiger partial charge in [0.2, 0.25) is 0 Å². The van der Waals surface area contributed by atoms with Gasteiger partial charge in [0.1, 0.15) is 29.6 Å². The van der Waals surface area contributed by atoms with Crippen molar-refractivity contribution in [3.63, 3.8) is 0 Å². The molecule has 0 aliphatic carbocycles. The Balaban J connectivity index is 1.67. The molecular formula is C20H19NO5. The molecule has 0 saturated carbocycles. The highest BCUT2D eigenvalue weighted by molar-refractivity contribution is 5.92. The number of carbonyl (C=O) groups is 1. The van der Waals surface area contributed by atoms with Crippen LogP contribution in [0, 0.1) is 0 Å². The average Bonchev–Trinajstić information content (AvgIpc) is 3.16. The number of hydrogen-bond donors (Lipinski definition) is 2. The molecule has 0 aliphatic heterocycles. The summed E-state index contributed by atoms with van der Waals surface area (Å²) in [6.45, 7) is -0.260. The van der Waals surface area contributed by atoms with Gasteiger partial charge in [0.25, 0.3) is 5.91 Å². The van der Waals surface area contributed by atoms with Crippen LogP contribution in [0.15, 0.2) is 65.1 Å². The molecule has 134 valence electrons. The minimum Gasteiger partial charge on any atom is -0.496 e. The molecule has 3 rings (SSSR count). The second-order valence-corrected chi connectivity index (χ2v) is 5.49. The monoisotopic (exact) mass is 353 g/mol. The summed E-state index contributed by atoms with van der Waals surface area (Å²) in [7, 11) is 1.54. The highest BCUT2D eigenvalue weighted by Gasteiger charge is 2.12. The minimum atomic E-state index is -0.274. The third-order valence-electron chi connectivity index (χ3n) is 3.68. The fraction of sp³-hybridized carbons (Fsp3) is 0.150. The zero-order valence-corrected chi connectivity index (χ0v) is 14.3. The molecule has 26 heavy (non-hydrogen) atoms. The Hall–Kier alpha value is -3.25. The van der Waals surface area contributed by atoms with Gasteiger partial charge < -0.3 is 24.3 Å². The van der Waals surface area contributed by atoms with Crippen LogP contribution in [0.2, 0.25) is 0 Å². The molecule has 0 atom stereocenters. The summed E-state index contributed by atoms with van der Waals surface area (Å²) in [6, 6.07) is 17.8. The predicted octanol–water partition coefficient (Wildman–Crippen LogP) is 3.47. The summed E-state index contributed by atoms with van der Waals surface area (Å²) < 4.78 is 16.3. The van der Waals surface area contributed by atoms with E-state index in [1.165, 1.54) is 0 Å². The molecule has 1 aromatic heterocycles. The molecule has 2 aromatic carbocycles. The van der Waals surface area contributed by atoms with Gasteiger partial charge in [-0.2, -0.15) is 0 Å². The Bertz CT molecular complexity index is 873. The van der Waals surface area contributed by atoms with E-state index in [1.807, 2.05) is 18.2 Å². The number of methoxy groups -OCH3 is 1. The van der Waals surface area contributed by atoms with Gasteiger partial charge in [0, 0.05) is 11.8 Å². The lowest BCUT2D eigenvalue weighted by atomic mass is 10.1. The first kappa shape index (κ1) is 17.6. The zero-order valence-electron chi connectivity index (χ0n) is 14.3. The number of para-hydroxylation sites is 1. The van der Waals surface area contributed by atoms with Crippen molar-refractivity contribution < 1.29 is 23.8 Å². The van der Waals surface area contributed by atoms with Gasteiger partial charge in [0.05, 0.1) is 12.7 Å². The van der Waals surface area contributed by atoms with Crippen molar-refractivity contribution in [2.24, 2.45) is 0 Å². The summed E-state index contributed by atoms with van der Waals surface area (Å²) >= 11 is 0. The Morgan fingerprint density at radius 2 is 1.92 bits per heavy atom. The number of nitrogens with one attached hydrogen (secondary N) is 1. The third-order valence-corrected chi connectivity index (χ3v) is 3.68. The standard InChI is InChI=1S/C20H19NO5/c1-24-19-11-14(7-9-17(19)18-10-8-16(12-22)26-18)21-20(23)13-25-15-5-3-2-4-6-15/h2-11,22H,12-13H2,1H3,(H,21,23). The number of rotatable bonds is 7. The number of carbonyl (C=O) groups excluding carboxylic acids is 1. The van der Waals surface area contributed by atoms with Crippen LogP contribution in [0.1, 0.15) is 5.76 Å². The summed E-state index contributed by atoms with van der Waals surface area (Å²) in [4.78, 5) is 12.1. The van der Waals surface area contributed by atoms with Crippen LogP contribution in [0.3, 0.4) is 0 Å². The van der Waals surface area contributed by atoms with Gasteiger partial charge in [-0.3, -0.25) is 4.79 Å². The van der Waals surface area contributed by atoms with Crippen molar-refractivity contribution in [3.8, 4) is 22.8 Å². The topological polar surface area (TPSA) is 80.9 Å². The van der Waals surface area contributed by atoms with E-state index in [2.05, 4.69) is 5.32 Å². The number of aliphatic hydroxyl groups excluding tert-OH is 1. The lowest BCUT2D eigenvalue weighted by Crippen LogP contribution is -2.20. The van der Waals surface area contributed by atoms with E-state index in [-0.39, 0.29) is 19.1 Å². The normalized spacial score (nSPS) is 10.4. The second kappa shape index (κ2) is 8.22. The first-order chi connectivity index (χ1) is 12.7. The molecule has 6 nitrogen and oxygen atoms in total. The van der Waals surface area contributed by atoms with E-state index < -0.39 is 0 Å². The summed E-state index contributed by atoms with van der Waals surface area (Å²) in [5, 5.41) is 11.9. The van der Waals surface area contributed by atoms with Gasteiger partial charge in [-0.05, 0) is 36.4 Å². The molecule has 0 radical (unpaired) electrons. The number of furan rings is 1. The first-order valence-corrected chi connectivity index (χ1v) is 8.05. The van der Waals surface area contributed by atoms with E-state index in [0.717, 1.165) is 5.56 Å². The number of anilines is 1. The largest absolute Gasteiger partial charge is 0.496 e. The molecule has 0 spiro atoms. The Labute approximate surface area is 151 Å². The van der Waals surface area contributed by atoms with Gasteiger partial charge in [0.15, 0.2) is 6.61 Å². The second-order valence-electron chi connectivity index (χ2n) is 5.49. The number of ether oxygens (including phenoxy) is 2. The number of benzene rings is 2. The molecular weight excluding hydrogens is 334 g/mol. The predicted molar refractivity (Wildman–Crippen MR) is 97.2 cm³/mol. The highest BCUT2D eigenvalue weighted by atomic mass is 16.5. The van der Waals surface area contributed by atoms with E-state index in [9.17, 15) is 4.79 Å². The van der Waals surface area contributed by atoms with Crippen molar-refractivity contribution in [1.82, 2.24) is 0 Å². The quantitative estimate of drug-likeness (QED) is 0.680. The summed E-state index contributed by atoms with van der Waals surface area (Å²) in [5.41, 5.74) is 1.31.